The molecule has 0 spiro atoms. The second-order valence-corrected chi connectivity index (χ2v) is 6.11. The predicted octanol–water partition coefficient (Wildman–Crippen LogP) is 1.09. The zero-order chi connectivity index (χ0) is 18.5. The number of nitrogens with zero attached hydrogens (tertiary/aromatic N) is 2. The van der Waals surface area contributed by atoms with Crippen LogP contribution < -0.4 is 11.0 Å². The number of esters is 1. The number of H-pyrrole nitrogens is 2. The zero-order valence-corrected chi connectivity index (χ0v) is 14.0. The molecular weight excluding hydrogens is 338 g/mol. The first-order valence-electron chi connectivity index (χ1n) is 8.01. The van der Waals surface area contributed by atoms with Gasteiger partial charge in [-0.3, -0.25) is 9.59 Å². The van der Waals surface area contributed by atoms with Crippen molar-refractivity contribution in [2.24, 2.45) is 0 Å². The first-order valence-corrected chi connectivity index (χ1v) is 8.01. The average Bonchev–Trinajstić information content (AvgIpc) is 3.13. The van der Waals surface area contributed by atoms with Gasteiger partial charge in [-0.05, 0) is 26.0 Å². The molecule has 3 heterocycles. The summed E-state index contributed by atoms with van der Waals surface area (Å²) in [5.41, 5.74) is 1.06. The fourth-order valence-corrected chi connectivity index (χ4v) is 3.03. The van der Waals surface area contributed by atoms with Gasteiger partial charge in [-0.2, -0.15) is 0 Å². The molecule has 26 heavy (non-hydrogen) atoms. The monoisotopic (exact) mass is 353 g/mol. The van der Waals surface area contributed by atoms with Crippen LogP contribution in [-0.4, -0.2) is 38.4 Å². The van der Waals surface area contributed by atoms with Crippen LogP contribution in [-0.2, 0) is 19.7 Å². The molecule has 1 atom stereocenters. The Labute approximate surface area is 146 Å². The Bertz CT molecular complexity index is 1100. The summed E-state index contributed by atoms with van der Waals surface area (Å²) in [6.07, 6.45) is 2.92. The lowest BCUT2D eigenvalue weighted by Gasteiger charge is -2.19. The van der Waals surface area contributed by atoms with E-state index in [1.807, 2.05) is 0 Å². The highest BCUT2D eigenvalue weighted by molar-refractivity contribution is 6.19. The Morgan fingerprint density at radius 3 is 2.81 bits per heavy atom. The number of fused-ring (bicyclic) bond motifs is 2. The number of hydrogen-bond donors (Lipinski definition) is 3. The number of hydrogen-bond acceptors (Lipinski definition) is 6. The average molecular weight is 353 g/mol. The topological polar surface area (TPSA) is 130 Å². The van der Waals surface area contributed by atoms with E-state index in [0.29, 0.717) is 33.7 Å². The fourth-order valence-electron chi connectivity index (χ4n) is 3.03. The fraction of sp³-hybridized carbons (Fsp3) is 0.235. The highest BCUT2D eigenvalue weighted by atomic mass is 16.5. The lowest BCUT2D eigenvalue weighted by Crippen LogP contribution is -2.40. The van der Waals surface area contributed by atoms with Crippen molar-refractivity contribution < 1.29 is 14.3 Å². The lowest BCUT2D eigenvalue weighted by molar-refractivity contribution is -0.152. The first kappa shape index (κ1) is 16.0. The number of carbonyl (C=O) groups is 2. The highest BCUT2D eigenvalue weighted by Crippen LogP contribution is 2.40. The molecule has 0 saturated carbocycles. The molecule has 0 saturated heterocycles. The second kappa shape index (κ2) is 5.51. The number of imidazole rings is 1. The number of aromatic nitrogens is 4. The molecule has 2 aromatic heterocycles. The van der Waals surface area contributed by atoms with E-state index in [9.17, 15) is 14.4 Å². The molecule has 9 nitrogen and oxygen atoms in total. The van der Waals surface area contributed by atoms with Crippen LogP contribution in [0.2, 0.25) is 0 Å². The molecule has 0 fully saturated rings. The molecule has 3 N–H and O–H groups in total. The summed E-state index contributed by atoms with van der Waals surface area (Å²) >= 11 is 0. The van der Waals surface area contributed by atoms with Gasteiger partial charge < -0.3 is 20.0 Å². The van der Waals surface area contributed by atoms with Crippen LogP contribution in [0.5, 0.6) is 0 Å². The summed E-state index contributed by atoms with van der Waals surface area (Å²) in [5, 5.41) is 2.72. The molecule has 1 amide bonds. The quantitative estimate of drug-likeness (QED) is 0.477. The van der Waals surface area contributed by atoms with E-state index in [4.69, 9.17) is 4.74 Å². The highest BCUT2D eigenvalue weighted by Gasteiger charge is 2.50. The van der Waals surface area contributed by atoms with Crippen LogP contribution in [0.3, 0.4) is 0 Å². The number of aromatic amines is 2. The van der Waals surface area contributed by atoms with Crippen LogP contribution in [0.15, 0.2) is 29.3 Å². The molecule has 3 aromatic rings. The minimum atomic E-state index is -1.41. The van der Waals surface area contributed by atoms with E-state index in [1.165, 1.54) is 12.4 Å². The van der Waals surface area contributed by atoms with Crippen LogP contribution >= 0.6 is 0 Å². The maximum absolute atomic E-state index is 12.4. The van der Waals surface area contributed by atoms with Gasteiger partial charge in [0.15, 0.2) is 5.41 Å². The van der Waals surface area contributed by atoms with Gasteiger partial charge in [0.2, 0.25) is 5.91 Å². The van der Waals surface area contributed by atoms with Gasteiger partial charge in [0.05, 0.1) is 23.2 Å². The number of ether oxygens (including phenoxy) is 1. The van der Waals surface area contributed by atoms with Crippen LogP contribution in [0.25, 0.3) is 22.4 Å². The van der Waals surface area contributed by atoms with E-state index in [-0.39, 0.29) is 6.61 Å². The van der Waals surface area contributed by atoms with E-state index in [2.05, 4.69) is 25.3 Å². The number of benzene rings is 1. The molecule has 1 unspecified atom stereocenters. The van der Waals surface area contributed by atoms with E-state index in [0.717, 1.165) is 0 Å². The van der Waals surface area contributed by atoms with Crippen LogP contribution in [0.4, 0.5) is 5.69 Å². The number of carbonyl (C=O) groups excluding carboxylic acids is 2. The Hall–Kier alpha value is -3.49. The van der Waals surface area contributed by atoms with Crippen molar-refractivity contribution >= 4 is 28.6 Å². The second-order valence-electron chi connectivity index (χ2n) is 6.11. The smallest absolute Gasteiger partial charge is 0.344 e. The van der Waals surface area contributed by atoms with Gasteiger partial charge in [-0.1, -0.05) is 0 Å². The van der Waals surface area contributed by atoms with Crippen molar-refractivity contribution in [3.63, 3.8) is 0 Å². The van der Waals surface area contributed by atoms with Crippen LogP contribution in [0.1, 0.15) is 19.4 Å². The minimum absolute atomic E-state index is 0.187. The van der Waals surface area contributed by atoms with Crippen molar-refractivity contribution in [1.29, 1.82) is 0 Å². The minimum Gasteiger partial charge on any atom is -0.465 e. The van der Waals surface area contributed by atoms with Crippen molar-refractivity contribution in [3.8, 4) is 11.4 Å². The summed E-state index contributed by atoms with van der Waals surface area (Å²) in [4.78, 5) is 49.6. The number of nitrogens with one attached hydrogen (secondary N) is 3. The van der Waals surface area contributed by atoms with Gasteiger partial charge in [-0.25, -0.2) is 14.8 Å². The standard InChI is InChI=1S/C17H15N5O4/c1-3-26-15(24)17(2)9-4-11-12(5-10(9)22-14(17)23)21-13(20-11)8-6-18-16(25)19-7-8/h4-7H,3H2,1-2H3,(H,20,21)(H,22,23)(H,18,19,25). The SMILES string of the molecule is CCOC(=O)C1(C)C(=O)Nc2cc3nc(-c4cnc(=O)[nH]c4)[nH]c3cc21. The maximum atomic E-state index is 12.4. The van der Waals surface area contributed by atoms with Gasteiger partial charge in [0.25, 0.3) is 0 Å². The molecule has 132 valence electrons. The Morgan fingerprint density at radius 2 is 2.12 bits per heavy atom. The summed E-state index contributed by atoms with van der Waals surface area (Å²) in [5.74, 6) is -0.513. The molecule has 1 aliphatic rings. The Balaban J connectivity index is 1.84. The molecule has 0 aliphatic carbocycles. The zero-order valence-electron chi connectivity index (χ0n) is 14.0. The third-order valence-corrected chi connectivity index (χ3v) is 4.49. The van der Waals surface area contributed by atoms with Gasteiger partial charge >= 0.3 is 11.7 Å². The first-order chi connectivity index (χ1) is 12.4. The Kier molecular flexibility index (Phi) is 3.39. The van der Waals surface area contributed by atoms with E-state index in [1.54, 1.807) is 26.0 Å². The molecule has 1 aromatic carbocycles. The largest absolute Gasteiger partial charge is 0.465 e. The Morgan fingerprint density at radius 1 is 1.31 bits per heavy atom. The van der Waals surface area contributed by atoms with E-state index < -0.39 is 23.0 Å². The summed E-state index contributed by atoms with van der Waals surface area (Å²) in [6.45, 7) is 3.42. The third kappa shape index (κ3) is 2.20. The molecule has 0 bridgehead atoms. The third-order valence-electron chi connectivity index (χ3n) is 4.49. The van der Waals surface area contributed by atoms with Crippen LogP contribution in [0, 0.1) is 0 Å². The molecule has 1 aliphatic heterocycles. The van der Waals surface area contributed by atoms with Gasteiger partial charge in [0, 0.05) is 23.6 Å². The summed E-state index contributed by atoms with van der Waals surface area (Å²) in [7, 11) is 0. The van der Waals surface area contributed by atoms with E-state index >= 15 is 0 Å². The van der Waals surface area contributed by atoms with Crippen molar-refractivity contribution in [1.82, 2.24) is 19.9 Å². The number of rotatable bonds is 3. The lowest BCUT2D eigenvalue weighted by atomic mass is 9.83. The van der Waals surface area contributed by atoms with Crippen molar-refractivity contribution in [2.45, 2.75) is 19.3 Å². The molecule has 4 rings (SSSR count). The normalized spacial score (nSPS) is 18.6. The predicted molar refractivity (Wildman–Crippen MR) is 92.6 cm³/mol. The molecular formula is C17H15N5O4. The maximum Gasteiger partial charge on any atom is 0.344 e. The van der Waals surface area contributed by atoms with Gasteiger partial charge in [0.1, 0.15) is 5.82 Å². The van der Waals surface area contributed by atoms with Gasteiger partial charge in [-0.15, -0.1) is 0 Å². The number of anilines is 1. The summed E-state index contributed by atoms with van der Waals surface area (Å²) in [6, 6.07) is 3.42. The molecule has 0 radical (unpaired) electrons. The van der Waals surface area contributed by atoms with Crippen molar-refractivity contribution in [2.75, 3.05) is 11.9 Å². The summed E-state index contributed by atoms with van der Waals surface area (Å²) < 4.78 is 5.09. The molecule has 9 heteroatoms. The number of amides is 1. The van der Waals surface area contributed by atoms with Crippen molar-refractivity contribution in [3.05, 3.63) is 40.6 Å².